The van der Waals surface area contributed by atoms with E-state index in [-0.39, 0.29) is 0 Å². The highest BCUT2D eigenvalue weighted by Gasteiger charge is 2.33. The van der Waals surface area contributed by atoms with Crippen LogP contribution in [0.3, 0.4) is 0 Å². The summed E-state index contributed by atoms with van der Waals surface area (Å²) < 4.78 is 0. The minimum atomic E-state index is -1.64. The van der Waals surface area contributed by atoms with E-state index in [1.165, 1.54) is 19.6 Å². The van der Waals surface area contributed by atoms with Crippen LogP contribution in [-0.4, -0.2) is 9.97 Å². The van der Waals surface area contributed by atoms with Gasteiger partial charge < -0.3 is 0 Å². The van der Waals surface area contributed by atoms with Gasteiger partial charge in [-0.3, -0.25) is 9.97 Å². The molecule has 0 spiro atoms. The van der Waals surface area contributed by atoms with Crippen molar-refractivity contribution in [1.29, 1.82) is 0 Å². The van der Waals surface area contributed by atoms with Gasteiger partial charge in [-0.05, 0) is 48.5 Å². The Labute approximate surface area is 149 Å². The fraction of sp³-hybridized carbons (Fsp3) is 0. The van der Waals surface area contributed by atoms with Gasteiger partial charge in [0, 0.05) is 44.4 Å². The molecule has 0 unspecified atom stereocenters. The van der Waals surface area contributed by atoms with Gasteiger partial charge in [0.1, 0.15) is 0 Å². The van der Waals surface area contributed by atoms with Crippen LogP contribution in [-0.2, 0) is 0 Å². The van der Waals surface area contributed by atoms with Crippen LogP contribution < -0.4 is 0 Å². The van der Waals surface area contributed by atoms with Crippen LogP contribution >= 0.6 is 10.0 Å². The van der Waals surface area contributed by atoms with Crippen LogP contribution in [0.5, 0.6) is 0 Å². The number of rotatable bonds is 4. The zero-order chi connectivity index (χ0) is 17.0. The fourth-order valence-corrected chi connectivity index (χ4v) is 6.89. The predicted molar refractivity (Wildman–Crippen MR) is 102 cm³/mol. The van der Waals surface area contributed by atoms with Crippen LogP contribution in [0.4, 0.5) is 0 Å². The summed E-state index contributed by atoms with van der Waals surface area (Å²) in [7, 11) is -1.64. The van der Waals surface area contributed by atoms with Gasteiger partial charge in [0.2, 0.25) is 0 Å². The highest BCUT2D eigenvalue weighted by atomic mass is 32.3. The first-order valence-corrected chi connectivity index (χ1v) is 9.79. The monoisotopic (exact) mass is 342 g/mol. The van der Waals surface area contributed by atoms with Gasteiger partial charge in [-0.2, -0.15) is 0 Å². The molecule has 0 saturated heterocycles. The topological polar surface area (TPSA) is 25.8 Å². The maximum absolute atomic E-state index is 4.43. The first-order valence-electron chi connectivity index (χ1n) is 8.16. The van der Waals surface area contributed by atoms with Crippen LogP contribution in [0.15, 0.2) is 129 Å². The Morgan fingerprint density at radius 1 is 0.440 bits per heavy atom. The molecule has 0 aliphatic heterocycles. The van der Waals surface area contributed by atoms with Gasteiger partial charge >= 0.3 is 0 Å². The van der Waals surface area contributed by atoms with Crippen LogP contribution in [0, 0.1) is 0 Å². The number of pyridine rings is 2. The Morgan fingerprint density at radius 3 is 1.20 bits per heavy atom. The summed E-state index contributed by atoms with van der Waals surface area (Å²) in [6, 6.07) is 29.8. The molecule has 0 fully saturated rings. The Hall–Kier alpha value is -2.91. The fourth-order valence-electron chi connectivity index (χ4n) is 3.12. The highest BCUT2D eigenvalue weighted by Crippen LogP contribution is 2.73. The molecule has 0 bridgehead atoms. The first-order chi connectivity index (χ1) is 12.4. The average Bonchev–Trinajstić information content (AvgIpc) is 2.72. The van der Waals surface area contributed by atoms with Crippen molar-refractivity contribution in [1.82, 2.24) is 9.97 Å². The number of aromatic nitrogens is 2. The van der Waals surface area contributed by atoms with E-state index in [0.717, 1.165) is 0 Å². The van der Waals surface area contributed by atoms with E-state index in [4.69, 9.17) is 0 Å². The molecule has 0 saturated carbocycles. The minimum Gasteiger partial charge on any atom is -0.264 e. The van der Waals surface area contributed by atoms with Crippen LogP contribution in [0.2, 0.25) is 0 Å². The number of hydrogen-bond donors (Lipinski definition) is 0. The SMILES string of the molecule is c1ccc(S(c2ccccc2)(c2cccnc2)c2cccnc2)cc1. The summed E-state index contributed by atoms with van der Waals surface area (Å²) in [5.41, 5.74) is 0. The van der Waals surface area contributed by atoms with Gasteiger partial charge in [0.05, 0.1) is 0 Å². The third kappa shape index (κ3) is 2.73. The largest absolute Gasteiger partial charge is 0.264 e. The molecule has 0 radical (unpaired) electrons. The third-order valence-electron chi connectivity index (χ3n) is 4.17. The zero-order valence-electron chi connectivity index (χ0n) is 13.7. The maximum Gasteiger partial charge on any atom is 0.0398 e. The molecular weight excluding hydrogens is 324 g/mol. The highest BCUT2D eigenvalue weighted by molar-refractivity contribution is 8.33. The molecule has 2 aromatic heterocycles. The van der Waals surface area contributed by atoms with E-state index < -0.39 is 10.0 Å². The molecule has 4 rings (SSSR count). The smallest absolute Gasteiger partial charge is 0.0398 e. The maximum atomic E-state index is 4.43. The number of benzene rings is 2. The Morgan fingerprint density at radius 2 is 0.840 bits per heavy atom. The Balaban J connectivity index is 2.13. The first kappa shape index (κ1) is 15.6. The lowest BCUT2D eigenvalue weighted by Crippen LogP contribution is -2.05. The lowest BCUT2D eigenvalue weighted by atomic mass is 10.4. The quantitative estimate of drug-likeness (QED) is 0.467. The summed E-state index contributed by atoms with van der Waals surface area (Å²) in [4.78, 5) is 13.8. The molecule has 0 N–H and O–H groups in total. The summed E-state index contributed by atoms with van der Waals surface area (Å²) in [6.07, 6.45) is 7.63. The molecule has 2 aromatic carbocycles. The zero-order valence-corrected chi connectivity index (χ0v) is 14.5. The Kier molecular flexibility index (Phi) is 4.32. The van der Waals surface area contributed by atoms with Gasteiger partial charge in [-0.15, -0.1) is 10.0 Å². The summed E-state index contributed by atoms with van der Waals surface area (Å²) in [5, 5.41) is 0. The number of nitrogens with zero attached hydrogens (tertiary/aromatic N) is 2. The van der Waals surface area contributed by atoms with Crippen molar-refractivity contribution in [2.24, 2.45) is 0 Å². The minimum absolute atomic E-state index is 1.21. The van der Waals surface area contributed by atoms with Crippen molar-refractivity contribution >= 4 is 10.0 Å². The van der Waals surface area contributed by atoms with E-state index in [1.54, 1.807) is 0 Å². The van der Waals surface area contributed by atoms with E-state index in [2.05, 4.69) is 82.8 Å². The van der Waals surface area contributed by atoms with Gasteiger partial charge in [-0.1, -0.05) is 36.4 Å². The van der Waals surface area contributed by atoms with Crippen molar-refractivity contribution in [2.75, 3.05) is 0 Å². The normalized spacial score (nSPS) is 11.8. The van der Waals surface area contributed by atoms with Crippen molar-refractivity contribution < 1.29 is 0 Å². The molecule has 25 heavy (non-hydrogen) atoms. The molecule has 122 valence electrons. The summed E-state index contributed by atoms with van der Waals surface area (Å²) >= 11 is 0. The van der Waals surface area contributed by atoms with Crippen LogP contribution in [0.1, 0.15) is 0 Å². The second-order valence-corrected chi connectivity index (χ2v) is 8.73. The standard InChI is InChI=1S/C22H18N2S/c1-3-9-19(10-4-1)25(20-11-5-2-6-12-20,21-13-7-15-23-17-21)22-14-8-16-24-18-22/h1-18H. The predicted octanol–water partition coefficient (Wildman–Crippen LogP) is 5.82. The van der Waals surface area contributed by atoms with Crippen molar-refractivity contribution in [3.8, 4) is 0 Å². The molecular formula is C22H18N2S. The van der Waals surface area contributed by atoms with E-state index in [0.29, 0.717) is 0 Å². The van der Waals surface area contributed by atoms with Crippen molar-refractivity contribution in [3.05, 3.63) is 110 Å². The molecule has 4 aromatic rings. The van der Waals surface area contributed by atoms with E-state index in [9.17, 15) is 0 Å². The van der Waals surface area contributed by atoms with E-state index >= 15 is 0 Å². The van der Waals surface area contributed by atoms with Gasteiger partial charge in [-0.25, -0.2) is 0 Å². The molecule has 3 heteroatoms. The average molecular weight is 342 g/mol. The molecule has 2 nitrogen and oxygen atoms in total. The Bertz CT molecular complexity index is 763. The van der Waals surface area contributed by atoms with Gasteiger partial charge in [0.15, 0.2) is 0 Å². The third-order valence-corrected chi connectivity index (χ3v) is 8.03. The molecule has 0 aliphatic rings. The summed E-state index contributed by atoms with van der Waals surface area (Å²) in [6.45, 7) is 0. The van der Waals surface area contributed by atoms with Crippen molar-refractivity contribution in [3.63, 3.8) is 0 Å². The molecule has 0 atom stereocenters. The number of hydrogen-bond acceptors (Lipinski definition) is 2. The molecule has 2 heterocycles. The lowest BCUT2D eigenvalue weighted by molar-refractivity contribution is 1.15. The summed E-state index contributed by atoms with van der Waals surface area (Å²) in [5.74, 6) is 0. The lowest BCUT2D eigenvalue weighted by Gasteiger charge is -2.41. The second kappa shape index (κ2) is 6.91. The van der Waals surface area contributed by atoms with E-state index in [1.807, 2.05) is 36.9 Å². The molecule has 0 amide bonds. The molecule has 0 aliphatic carbocycles. The van der Waals surface area contributed by atoms with Crippen molar-refractivity contribution in [2.45, 2.75) is 19.6 Å². The van der Waals surface area contributed by atoms with Gasteiger partial charge in [0.25, 0.3) is 0 Å². The van der Waals surface area contributed by atoms with Crippen LogP contribution in [0.25, 0.3) is 0 Å². The second-order valence-electron chi connectivity index (χ2n) is 5.62.